The molecule has 0 aromatic heterocycles. The average Bonchev–Trinajstić information content (AvgIpc) is 3.10. The lowest BCUT2D eigenvalue weighted by molar-refractivity contribution is -0.137. The first kappa shape index (κ1) is 21.3. The van der Waals surface area contributed by atoms with E-state index in [-0.39, 0.29) is 25.0 Å². The number of carbonyl (C=O) groups excluding carboxylic acids is 1. The van der Waals surface area contributed by atoms with Crippen LogP contribution in [0.1, 0.15) is 29.9 Å². The Balaban J connectivity index is 1.38. The van der Waals surface area contributed by atoms with Gasteiger partial charge in [-0.1, -0.05) is 48.5 Å². The topological polar surface area (TPSA) is 88.1 Å². The Morgan fingerprint density at radius 2 is 1.68 bits per heavy atom. The van der Waals surface area contributed by atoms with Gasteiger partial charge in [0.1, 0.15) is 6.61 Å². The Labute approximate surface area is 182 Å². The largest absolute Gasteiger partial charge is 0.481 e. The number of ether oxygens (including phenoxy) is 2. The number of nitrogens with one attached hydrogen (secondary N) is 1. The molecular formula is C24H28N2O5. The molecule has 7 nitrogen and oxygen atoms in total. The molecule has 1 atom stereocenters. The number of carbonyl (C=O) groups is 2. The van der Waals surface area contributed by atoms with Crippen molar-refractivity contribution in [2.24, 2.45) is 0 Å². The molecule has 2 aromatic rings. The molecule has 1 fully saturated rings. The van der Waals surface area contributed by atoms with E-state index in [2.05, 4.69) is 34.5 Å². The van der Waals surface area contributed by atoms with Crippen molar-refractivity contribution in [3.05, 3.63) is 59.7 Å². The third-order valence-electron chi connectivity index (χ3n) is 5.95. The van der Waals surface area contributed by atoms with Crippen molar-refractivity contribution in [1.29, 1.82) is 0 Å². The number of morpholine rings is 1. The van der Waals surface area contributed by atoms with Gasteiger partial charge >= 0.3 is 12.1 Å². The van der Waals surface area contributed by atoms with E-state index in [9.17, 15) is 9.59 Å². The maximum atomic E-state index is 12.6. The van der Waals surface area contributed by atoms with Crippen molar-refractivity contribution in [3.63, 3.8) is 0 Å². The number of benzene rings is 2. The third-order valence-corrected chi connectivity index (χ3v) is 5.95. The third kappa shape index (κ3) is 5.24. The van der Waals surface area contributed by atoms with Gasteiger partial charge in [-0.05, 0) is 28.7 Å². The van der Waals surface area contributed by atoms with Gasteiger partial charge in [0.2, 0.25) is 0 Å². The van der Waals surface area contributed by atoms with Crippen LogP contribution < -0.4 is 5.32 Å². The number of fused-ring (bicyclic) bond motifs is 3. The normalized spacial score (nSPS) is 16.9. The highest BCUT2D eigenvalue weighted by Gasteiger charge is 2.29. The molecule has 2 aliphatic rings. The highest BCUT2D eigenvalue weighted by molar-refractivity contribution is 5.79. The molecule has 0 bridgehead atoms. The Morgan fingerprint density at radius 1 is 1.06 bits per heavy atom. The van der Waals surface area contributed by atoms with Crippen molar-refractivity contribution in [3.8, 4) is 11.1 Å². The van der Waals surface area contributed by atoms with E-state index in [1.165, 1.54) is 11.1 Å². The molecule has 4 rings (SSSR count). The number of aliphatic carboxylic acids is 1. The molecule has 0 radical (unpaired) electrons. The van der Waals surface area contributed by atoms with E-state index < -0.39 is 12.1 Å². The fraction of sp³-hybridized carbons (Fsp3) is 0.417. The second-order valence-corrected chi connectivity index (χ2v) is 8.01. The fourth-order valence-corrected chi connectivity index (χ4v) is 4.41. The minimum atomic E-state index is -0.874. The van der Waals surface area contributed by atoms with E-state index in [0.717, 1.165) is 24.2 Å². The van der Waals surface area contributed by atoms with E-state index in [4.69, 9.17) is 14.6 Å². The highest BCUT2D eigenvalue weighted by Crippen LogP contribution is 2.44. The number of alkyl carbamates (subject to hydrolysis) is 1. The molecule has 31 heavy (non-hydrogen) atoms. The molecule has 1 heterocycles. The van der Waals surface area contributed by atoms with E-state index in [1.54, 1.807) is 0 Å². The first-order valence-electron chi connectivity index (χ1n) is 10.7. The van der Waals surface area contributed by atoms with E-state index in [1.807, 2.05) is 24.3 Å². The summed E-state index contributed by atoms with van der Waals surface area (Å²) in [5, 5.41) is 11.9. The first-order valence-corrected chi connectivity index (χ1v) is 10.7. The van der Waals surface area contributed by atoms with Crippen molar-refractivity contribution >= 4 is 12.1 Å². The van der Waals surface area contributed by atoms with Gasteiger partial charge in [-0.25, -0.2) is 4.79 Å². The maximum absolute atomic E-state index is 12.6. The smallest absolute Gasteiger partial charge is 0.407 e. The van der Waals surface area contributed by atoms with Crippen LogP contribution in [0.5, 0.6) is 0 Å². The van der Waals surface area contributed by atoms with Gasteiger partial charge in [0.15, 0.2) is 0 Å². The zero-order valence-corrected chi connectivity index (χ0v) is 17.5. The molecule has 1 amide bonds. The van der Waals surface area contributed by atoms with Crippen molar-refractivity contribution in [1.82, 2.24) is 10.2 Å². The summed E-state index contributed by atoms with van der Waals surface area (Å²) >= 11 is 0. The summed E-state index contributed by atoms with van der Waals surface area (Å²) in [6.07, 6.45) is -0.152. The summed E-state index contributed by atoms with van der Waals surface area (Å²) in [6, 6.07) is 16.1. The van der Waals surface area contributed by atoms with Crippen LogP contribution in [0.2, 0.25) is 0 Å². The van der Waals surface area contributed by atoms with Crippen molar-refractivity contribution in [2.75, 3.05) is 39.5 Å². The summed E-state index contributed by atoms with van der Waals surface area (Å²) in [4.78, 5) is 25.8. The van der Waals surface area contributed by atoms with Gasteiger partial charge in [0.05, 0.1) is 13.2 Å². The molecule has 0 saturated carbocycles. The van der Waals surface area contributed by atoms with Crippen molar-refractivity contribution < 1.29 is 24.2 Å². The molecule has 7 heteroatoms. The lowest BCUT2D eigenvalue weighted by Crippen LogP contribution is -2.47. The second kappa shape index (κ2) is 9.94. The van der Waals surface area contributed by atoms with Crippen LogP contribution >= 0.6 is 0 Å². The number of carboxylic acids is 1. The number of hydrogen-bond acceptors (Lipinski definition) is 5. The predicted molar refractivity (Wildman–Crippen MR) is 116 cm³/mol. The Kier molecular flexibility index (Phi) is 6.84. The van der Waals surface area contributed by atoms with Gasteiger partial charge in [-0.2, -0.15) is 0 Å². The number of amides is 1. The predicted octanol–water partition coefficient (Wildman–Crippen LogP) is 3.09. The van der Waals surface area contributed by atoms with Crippen LogP contribution in [0.15, 0.2) is 48.5 Å². The van der Waals surface area contributed by atoms with Crippen LogP contribution in [0, 0.1) is 0 Å². The summed E-state index contributed by atoms with van der Waals surface area (Å²) in [5.74, 6) is -0.879. The van der Waals surface area contributed by atoms with Gasteiger partial charge < -0.3 is 19.9 Å². The van der Waals surface area contributed by atoms with Gasteiger partial charge in [-0.15, -0.1) is 0 Å². The Morgan fingerprint density at radius 3 is 2.29 bits per heavy atom. The lowest BCUT2D eigenvalue weighted by atomic mass is 9.98. The quantitative estimate of drug-likeness (QED) is 0.677. The minimum Gasteiger partial charge on any atom is -0.481 e. The molecular weight excluding hydrogens is 396 g/mol. The lowest BCUT2D eigenvalue weighted by Gasteiger charge is -2.30. The second-order valence-electron chi connectivity index (χ2n) is 8.01. The molecule has 2 N–H and O–H groups in total. The number of nitrogens with zero attached hydrogens (tertiary/aromatic N) is 1. The van der Waals surface area contributed by atoms with Crippen LogP contribution in [-0.2, 0) is 14.3 Å². The minimum absolute atomic E-state index is 0.00133. The first-order chi connectivity index (χ1) is 15.1. The SMILES string of the molecule is O=C(O)CCC(CN1CCOCC1)NC(=O)OCC1c2ccccc2-c2ccccc21. The maximum Gasteiger partial charge on any atom is 0.407 e. The molecule has 1 aliphatic carbocycles. The molecule has 0 spiro atoms. The standard InChI is InChI=1S/C24H28N2O5/c27-23(28)10-9-17(15-26-11-13-30-14-12-26)25-24(29)31-16-22-20-7-3-1-5-18(20)19-6-2-4-8-21(19)22/h1-8,17,22H,9-16H2,(H,25,29)(H,27,28). The summed E-state index contributed by atoms with van der Waals surface area (Å²) in [6.45, 7) is 3.67. The van der Waals surface area contributed by atoms with Gasteiger partial charge in [-0.3, -0.25) is 9.69 Å². The zero-order chi connectivity index (χ0) is 21.6. The van der Waals surface area contributed by atoms with Crippen LogP contribution in [-0.4, -0.2) is 67.6 Å². The van der Waals surface area contributed by atoms with Gasteiger partial charge in [0, 0.05) is 38.0 Å². The molecule has 164 valence electrons. The number of rotatable bonds is 8. The van der Waals surface area contributed by atoms with Crippen LogP contribution in [0.25, 0.3) is 11.1 Å². The zero-order valence-electron chi connectivity index (χ0n) is 17.5. The molecule has 1 saturated heterocycles. The Hall–Kier alpha value is -2.90. The van der Waals surface area contributed by atoms with Crippen molar-refractivity contribution in [2.45, 2.75) is 24.8 Å². The monoisotopic (exact) mass is 424 g/mol. The van der Waals surface area contributed by atoms with Gasteiger partial charge in [0.25, 0.3) is 0 Å². The molecule has 2 aromatic carbocycles. The van der Waals surface area contributed by atoms with Crippen LogP contribution in [0.3, 0.4) is 0 Å². The average molecular weight is 424 g/mol. The summed E-state index contributed by atoms with van der Waals surface area (Å²) in [5.41, 5.74) is 4.68. The number of carboxylic acid groups (broad SMARTS) is 1. The summed E-state index contributed by atoms with van der Waals surface area (Å²) < 4.78 is 11.0. The fourth-order valence-electron chi connectivity index (χ4n) is 4.41. The Bertz CT molecular complexity index is 880. The molecule has 1 aliphatic heterocycles. The molecule has 1 unspecified atom stereocenters. The van der Waals surface area contributed by atoms with Crippen LogP contribution in [0.4, 0.5) is 4.79 Å². The van der Waals surface area contributed by atoms with E-state index in [0.29, 0.717) is 26.2 Å². The van der Waals surface area contributed by atoms with E-state index >= 15 is 0 Å². The number of hydrogen-bond donors (Lipinski definition) is 2. The summed E-state index contributed by atoms with van der Waals surface area (Å²) in [7, 11) is 0. The highest BCUT2D eigenvalue weighted by atomic mass is 16.5.